The smallest absolute Gasteiger partial charge is 0.270 e. The number of alkyl halides is 2. The van der Waals surface area contributed by atoms with Gasteiger partial charge in [-0.25, -0.2) is 8.78 Å². The number of hydrogen-bond acceptors (Lipinski definition) is 4. The predicted molar refractivity (Wildman–Crippen MR) is 72.1 cm³/mol. The fourth-order valence-corrected chi connectivity index (χ4v) is 1.86. The number of nitrogens with zero attached hydrogens (tertiary/aromatic N) is 1. The zero-order valence-corrected chi connectivity index (χ0v) is 11.4. The summed E-state index contributed by atoms with van der Waals surface area (Å²) in [5.74, 6) is 0. The van der Waals surface area contributed by atoms with Crippen molar-refractivity contribution in [3.8, 4) is 0 Å². The van der Waals surface area contributed by atoms with Crippen molar-refractivity contribution < 1.29 is 18.8 Å². The minimum atomic E-state index is -2.81. The molecule has 0 aliphatic carbocycles. The molecule has 0 fully saturated rings. The predicted octanol–water partition coefficient (Wildman–Crippen LogP) is 3.50. The maximum absolute atomic E-state index is 13.0. The van der Waals surface area contributed by atoms with Gasteiger partial charge < -0.3 is 10.4 Å². The fourth-order valence-electron chi connectivity index (χ4n) is 1.86. The van der Waals surface area contributed by atoms with Gasteiger partial charge in [-0.2, -0.15) is 0 Å². The fraction of sp³-hybridized carbons (Fsp3) is 0.538. The van der Waals surface area contributed by atoms with Crippen LogP contribution >= 0.6 is 0 Å². The molecule has 0 amide bonds. The average molecular weight is 288 g/mol. The second kappa shape index (κ2) is 6.60. The van der Waals surface area contributed by atoms with Crippen LogP contribution < -0.4 is 5.32 Å². The molecule has 0 heterocycles. The van der Waals surface area contributed by atoms with E-state index in [1.807, 2.05) is 6.92 Å². The lowest BCUT2D eigenvalue weighted by Gasteiger charge is -2.31. The molecule has 1 aromatic carbocycles. The van der Waals surface area contributed by atoms with Crippen LogP contribution in [0.3, 0.4) is 0 Å². The van der Waals surface area contributed by atoms with Crippen LogP contribution in [0.4, 0.5) is 20.2 Å². The highest BCUT2D eigenvalue weighted by Crippen LogP contribution is 2.33. The number of aliphatic hydroxyl groups is 1. The number of aliphatic hydroxyl groups excluding tert-OH is 1. The van der Waals surface area contributed by atoms with E-state index in [1.165, 1.54) is 12.1 Å². The van der Waals surface area contributed by atoms with E-state index in [0.717, 1.165) is 6.07 Å². The molecule has 1 rings (SSSR count). The van der Waals surface area contributed by atoms with Gasteiger partial charge in [-0.05, 0) is 25.8 Å². The molecule has 112 valence electrons. The zero-order chi connectivity index (χ0) is 15.3. The van der Waals surface area contributed by atoms with Crippen LogP contribution in [0.1, 0.15) is 38.7 Å². The molecule has 20 heavy (non-hydrogen) atoms. The van der Waals surface area contributed by atoms with Crippen molar-refractivity contribution in [1.82, 2.24) is 0 Å². The van der Waals surface area contributed by atoms with Crippen LogP contribution in [-0.4, -0.2) is 22.2 Å². The Hall–Kier alpha value is -1.76. The van der Waals surface area contributed by atoms with Crippen molar-refractivity contribution in [3.05, 3.63) is 33.9 Å². The first kappa shape index (κ1) is 16.3. The number of nitro benzene ring substituents is 1. The standard InChI is InChI=1S/C13H18F2N2O3/c1-3-13(2,6-7-18)16-11-5-4-9(17(19)20)8-10(11)12(14)15/h4-5,8,12,16,18H,3,6-7H2,1-2H3. The molecule has 5 nitrogen and oxygen atoms in total. The molecule has 0 aliphatic rings. The van der Waals surface area contributed by atoms with Crippen molar-refractivity contribution >= 4 is 11.4 Å². The van der Waals surface area contributed by atoms with Crippen LogP contribution in [0.25, 0.3) is 0 Å². The van der Waals surface area contributed by atoms with Gasteiger partial charge in [0.1, 0.15) is 0 Å². The summed E-state index contributed by atoms with van der Waals surface area (Å²) in [4.78, 5) is 9.93. The molecule has 0 radical (unpaired) electrons. The molecule has 2 N–H and O–H groups in total. The first-order chi connectivity index (χ1) is 9.33. The number of rotatable bonds is 7. The molecule has 7 heteroatoms. The summed E-state index contributed by atoms with van der Waals surface area (Å²) < 4.78 is 26.0. The summed E-state index contributed by atoms with van der Waals surface area (Å²) in [6.07, 6.45) is -1.80. The van der Waals surface area contributed by atoms with E-state index in [1.54, 1.807) is 6.92 Å². The Kier molecular flexibility index (Phi) is 5.38. The second-order valence-corrected chi connectivity index (χ2v) is 4.84. The monoisotopic (exact) mass is 288 g/mol. The highest BCUT2D eigenvalue weighted by molar-refractivity contribution is 5.58. The maximum Gasteiger partial charge on any atom is 0.270 e. The number of halogens is 2. The zero-order valence-electron chi connectivity index (χ0n) is 11.4. The molecule has 0 bridgehead atoms. The SMILES string of the molecule is CCC(C)(CCO)Nc1ccc([N+](=O)[O-])cc1C(F)F. The molecular weight excluding hydrogens is 270 g/mol. The molecule has 1 atom stereocenters. The van der Waals surface area contributed by atoms with E-state index in [-0.39, 0.29) is 18.0 Å². The summed E-state index contributed by atoms with van der Waals surface area (Å²) in [6.45, 7) is 3.60. The van der Waals surface area contributed by atoms with Gasteiger partial charge in [-0.3, -0.25) is 10.1 Å². The number of hydrogen-bond donors (Lipinski definition) is 2. The summed E-state index contributed by atoms with van der Waals surface area (Å²) in [5, 5.41) is 22.6. The molecule has 0 saturated carbocycles. The van der Waals surface area contributed by atoms with E-state index < -0.39 is 22.5 Å². The largest absolute Gasteiger partial charge is 0.396 e. The van der Waals surface area contributed by atoms with Gasteiger partial charge in [0, 0.05) is 35.5 Å². The Bertz CT molecular complexity index is 483. The third kappa shape index (κ3) is 3.86. The lowest BCUT2D eigenvalue weighted by molar-refractivity contribution is -0.385. The summed E-state index contributed by atoms with van der Waals surface area (Å²) >= 11 is 0. The van der Waals surface area contributed by atoms with Gasteiger partial charge in [0.25, 0.3) is 12.1 Å². The normalized spacial score (nSPS) is 14.1. The average Bonchev–Trinajstić information content (AvgIpc) is 2.38. The van der Waals surface area contributed by atoms with Gasteiger partial charge in [-0.1, -0.05) is 6.92 Å². The Labute approximate surface area is 115 Å². The van der Waals surface area contributed by atoms with Crippen LogP contribution in [0, 0.1) is 10.1 Å². The molecule has 0 aromatic heterocycles. The number of benzene rings is 1. The van der Waals surface area contributed by atoms with Gasteiger partial charge >= 0.3 is 0 Å². The summed E-state index contributed by atoms with van der Waals surface area (Å²) in [6, 6.07) is 3.34. The molecule has 1 aromatic rings. The quantitative estimate of drug-likeness (QED) is 0.595. The van der Waals surface area contributed by atoms with E-state index in [4.69, 9.17) is 5.11 Å². The topological polar surface area (TPSA) is 75.4 Å². The van der Waals surface area contributed by atoms with Crippen LogP contribution in [0.2, 0.25) is 0 Å². The van der Waals surface area contributed by atoms with E-state index >= 15 is 0 Å². The second-order valence-electron chi connectivity index (χ2n) is 4.84. The van der Waals surface area contributed by atoms with Crippen molar-refractivity contribution in [2.75, 3.05) is 11.9 Å². The molecule has 0 spiro atoms. The Morgan fingerprint density at radius 2 is 2.15 bits per heavy atom. The van der Waals surface area contributed by atoms with Crippen molar-refractivity contribution in [1.29, 1.82) is 0 Å². The maximum atomic E-state index is 13.0. The van der Waals surface area contributed by atoms with Gasteiger partial charge in [0.15, 0.2) is 0 Å². The molecular formula is C13H18F2N2O3. The van der Waals surface area contributed by atoms with Crippen LogP contribution in [-0.2, 0) is 0 Å². The highest BCUT2D eigenvalue weighted by atomic mass is 19.3. The highest BCUT2D eigenvalue weighted by Gasteiger charge is 2.25. The minimum absolute atomic E-state index is 0.0751. The van der Waals surface area contributed by atoms with Crippen LogP contribution in [0.15, 0.2) is 18.2 Å². The van der Waals surface area contributed by atoms with Crippen molar-refractivity contribution in [3.63, 3.8) is 0 Å². The van der Waals surface area contributed by atoms with Gasteiger partial charge in [-0.15, -0.1) is 0 Å². The first-order valence-corrected chi connectivity index (χ1v) is 6.28. The Morgan fingerprint density at radius 3 is 2.60 bits per heavy atom. The van der Waals surface area contributed by atoms with E-state index in [0.29, 0.717) is 12.8 Å². The number of anilines is 1. The lowest BCUT2D eigenvalue weighted by Crippen LogP contribution is -2.35. The lowest BCUT2D eigenvalue weighted by atomic mass is 9.94. The van der Waals surface area contributed by atoms with Crippen molar-refractivity contribution in [2.45, 2.75) is 38.7 Å². The number of non-ortho nitro benzene ring substituents is 1. The van der Waals surface area contributed by atoms with E-state index in [2.05, 4.69) is 5.32 Å². The number of nitrogens with one attached hydrogen (secondary N) is 1. The van der Waals surface area contributed by atoms with Gasteiger partial charge in [0.05, 0.1) is 4.92 Å². The molecule has 0 aliphatic heterocycles. The Balaban J connectivity index is 3.14. The summed E-state index contributed by atoms with van der Waals surface area (Å²) in [5.41, 5.74) is -1.17. The number of nitro groups is 1. The third-order valence-corrected chi connectivity index (χ3v) is 3.36. The van der Waals surface area contributed by atoms with Crippen LogP contribution in [0.5, 0.6) is 0 Å². The molecule has 1 unspecified atom stereocenters. The first-order valence-electron chi connectivity index (χ1n) is 6.28. The van der Waals surface area contributed by atoms with E-state index in [9.17, 15) is 18.9 Å². The third-order valence-electron chi connectivity index (χ3n) is 3.36. The van der Waals surface area contributed by atoms with Gasteiger partial charge in [0.2, 0.25) is 0 Å². The Morgan fingerprint density at radius 1 is 1.50 bits per heavy atom. The molecule has 0 saturated heterocycles. The van der Waals surface area contributed by atoms with Crippen molar-refractivity contribution in [2.24, 2.45) is 0 Å². The minimum Gasteiger partial charge on any atom is -0.396 e. The summed E-state index contributed by atoms with van der Waals surface area (Å²) in [7, 11) is 0.